The molecular formula is C6H12MnO6. The molecule has 0 aliphatic heterocycles. The van der Waals surface area contributed by atoms with Crippen molar-refractivity contribution >= 4 is 40.7 Å². The van der Waals surface area contributed by atoms with Gasteiger partial charge in [-0.15, -0.1) is 0 Å². The second-order valence-corrected chi connectivity index (χ2v) is 0. The summed E-state index contributed by atoms with van der Waals surface area (Å²) in [6, 6.07) is 0. The van der Waals surface area contributed by atoms with Crippen LogP contribution in [0.3, 0.4) is 0 Å². The standard InChI is InChI=1S/6CH2O.Mn/c6*1-2;/h6*1H2;. The molecule has 0 amide bonds. The van der Waals surface area contributed by atoms with Crippen LogP contribution < -0.4 is 0 Å². The Labute approximate surface area is 87.2 Å². The Balaban J connectivity index is -0.00000000655. The van der Waals surface area contributed by atoms with Crippen LogP contribution in [0.2, 0.25) is 0 Å². The van der Waals surface area contributed by atoms with E-state index in [-0.39, 0.29) is 17.1 Å². The summed E-state index contributed by atoms with van der Waals surface area (Å²) in [6.07, 6.45) is 0. The summed E-state index contributed by atoms with van der Waals surface area (Å²) in [4.78, 5) is 48.0. The molecule has 0 aromatic heterocycles. The van der Waals surface area contributed by atoms with Crippen LogP contribution in [0, 0.1) is 0 Å². The molecule has 0 aromatic rings. The van der Waals surface area contributed by atoms with Gasteiger partial charge >= 0.3 is 0 Å². The zero-order chi connectivity index (χ0) is 12.0. The first-order valence-electron chi connectivity index (χ1n) is 1.73. The molecular weight excluding hydrogens is 223 g/mol. The molecule has 7 heteroatoms. The quantitative estimate of drug-likeness (QED) is 0.493. The van der Waals surface area contributed by atoms with Gasteiger partial charge in [-0.3, -0.25) is 0 Å². The smallest absolute Gasteiger partial charge is 0.106 e. The monoisotopic (exact) mass is 235 g/mol. The van der Waals surface area contributed by atoms with Crippen molar-refractivity contribution in [3.05, 3.63) is 0 Å². The van der Waals surface area contributed by atoms with Gasteiger partial charge in [-0.25, -0.2) is 0 Å². The van der Waals surface area contributed by atoms with Gasteiger partial charge in [0.2, 0.25) is 0 Å². The zero-order valence-corrected chi connectivity index (χ0v) is 8.25. The molecule has 0 heterocycles. The molecule has 6 nitrogen and oxygen atoms in total. The molecule has 0 bridgehead atoms. The second-order valence-electron chi connectivity index (χ2n) is 0. The van der Waals surface area contributed by atoms with Crippen molar-refractivity contribution in [1.29, 1.82) is 0 Å². The minimum atomic E-state index is 0. The van der Waals surface area contributed by atoms with Gasteiger partial charge in [0, 0.05) is 17.1 Å². The van der Waals surface area contributed by atoms with Gasteiger partial charge in [-0.2, -0.15) is 0 Å². The first-order chi connectivity index (χ1) is 6.00. The third-order valence-corrected chi connectivity index (χ3v) is 0. The Morgan fingerprint density at radius 1 is 0.308 bits per heavy atom. The largest absolute Gasteiger partial charge is 0.307 e. The van der Waals surface area contributed by atoms with Gasteiger partial charge in [-0.1, -0.05) is 0 Å². The molecule has 0 aliphatic carbocycles. The molecule has 0 unspecified atom stereocenters. The molecule has 0 N–H and O–H groups in total. The maximum atomic E-state index is 8.00. The van der Waals surface area contributed by atoms with Crippen LogP contribution in [0.15, 0.2) is 0 Å². The van der Waals surface area contributed by atoms with Gasteiger partial charge in [-0.05, 0) is 0 Å². The van der Waals surface area contributed by atoms with Crippen LogP contribution >= 0.6 is 0 Å². The molecule has 0 saturated carbocycles. The third-order valence-electron chi connectivity index (χ3n) is 0. The predicted molar refractivity (Wildman–Crippen MR) is 42.7 cm³/mol. The van der Waals surface area contributed by atoms with Gasteiger partial charge in [0.1, 0.15) is 40.7 Å². The minimum absolute atomic E-state index is 0. The van der Waals surface area contributed by atoms with E-state index in [1.165, 1.54) is 0 Å². The van der Waals surface area contributed by atoms with Crippen molar-refractivity contribution < 1.29 is 45.8 Å². The molecule has 1 radical (unpaired) electrons. The van der Waals surface area contributed by atoms with Gasteiger partial charge < -0.3 is 28.8 Å². The first kappa shape index (κ1) is 62.2. The normalized spacial score (nSPS) is 1.85. The Kier molecular flexibility index (Phi) is 2150. The van der Waals surface area contributed by atoms with E-state index in [0.29, 0.717) is 0 Å². The molecule has 0 saturated heterocycles. The zero-order valence-electron chi connectivity index (χ0n) is 7.07. The summed E-state index contributed by atoms with van der Waals surface area (Å²) in [7, 11) is 0. The molecule has 0 aromatic carbocycles. The fraction of sp³-hybridized carbons (Fsp3) is 0. The van der Waals surface area contributed by atoms with Crippen molar-refractivity contribution in [2.75, 3.05) is 0 Å². The van der Waals surface area contributed by atoms with Crippen LogP contribution in [0.4, 0.5) is 0 Å². The number of rotatable bonds is 0. The van der Waals surface area contributed by atoms with E-state index in [1.54, 1.807) is 0 Å². The fourth-order valence-corrected chi connectivity index (χ4v) is 0. The molecule has 0 spiro atoms. The number of carbonyl (C=O) groups excluding carboxylic acids is 6. The number of hydrogen-bond donors (Lipinski definition) is 0. The van der Waals surface area contributed by atoms with Crippen LogP contribution in [-0.2, 0) is 45.8 Å². The maximum Gasteiger partial charge on any atom is 0.106 e. The summed E-state index contributed by atoms with van der Waals surface area (Å²) in [5, 5.41) is 0. The predicted octanol–water partition coefficient (Wildman–Crippen LogP) is -1.11. The van der Waals surface area contributed by atoms with Crippen LogP contribution in [0.1, 0.15) is 0 Å². The summed E-state index contributed by atoms with van der Waals surface area (Å²) >= 11 is 0. The summed E-state index contributed by atoms with van der Waals surface area (Å²) in [5.41, 5.74) is 0. The van der Waals surface area contributed by atoms with E-state index in [1.807, 2.05) is 40.7 Å². The summed E-state index contributed by atoms with van der Waals surface area (Å²) in [5.74, 6) is 0. The second kappa shape index (κ2) is 450. The topological polar surface area (TPSA) is 102 Å². The Morgan fingerprint density at radius 3 is 0.308 bits per heavy atom. The van der Waals surface area contributed by atoms with Crippen molar-refractivity contribution in [2.45, 2.75) is 0 Å². The Morgan fingerprint density at radius 2 is 0.308 bits per heavy atom. The Bertz CT molecular complexity index is 32.6. The van der Waals surface area contributed by atoms with Crippen LogP contribution in [0.5, 0.6) is 0 Å². The SMILES string of the molecule is C=O.C=O.C=O.C=O.C=O.C=O.[Mn]. The first-order valence-corrected chi connectivity index (χ1v) is 1.73. The summed E-state index contributed by atoms with van der Waals surface area (Å²) in [6.45, 7) is 12.0. The van der Waals surface area contributed by atoms with E-state index >= 15 is 0 Å². The van der Waals surface area contributed by atoms with Crippen molar-refractivity contribution in [3.8, 4) is 0 Å². The van der Waals surface area contributed by atoms with E-state index < -0.39 is 0 Å². The van der Waals surface area contributed by atoms with E-state index in [0.717, 1.165) is 0 Å². The van der Waals surface area contributed by atoms with E-state index in [2.05, 4.69) is 0 Å². The molecule has 0 fully saturated rings. The van der Waals surface area contributed by atoms with Crippen molar-refractivity contribution in [2.24, 2.45) is 0 Å². The molecule has 13 heavy (non-hydrogen) atoms. The summed E-state index contributed by atoms with van der Waals surface area (Å²) < 4.78 is 0. The van der Waals surface area contributed by atoms with Gasteiger partial charge in [0.05, 0.1) is 0 Å². The van der Waals surface area contributed by atoms with Crippen molar-refractivity contribution in [3.63, 3.8) is 0 Å². The van der Waals surface area contributed by atoms with Crippen LogP contribution in [0.25, 0.3) is 0 Å². The molecule has 0 aliphatic rings. The average Bonchev–Trinajstić information content (AvgIpc) is 2.33. The fourth-order valence-electron chi connectivity index (χ4n) is 0. The van der Waals surface area contributed by atoms with Gasteiger partial charge in [0.25, 0.3) is 0 Å². The number of hydrogen-bond acceptors (Lipinski definition) is 6. The van der Waals surface area contributed by atoms with Gasteiger partial charge in [0.15, 0.2) is 0 Å². The average molecular weight is 235 g/mol. The number of carbonyl (C=O) groups is 6. The van der Waals surface area contributed by atoms with Crippen molar-refractivity contribution in [1.82, 2.24) is 0 Å². The molecule has 0 rings (SSSR count). The maximum absolute atomic E-state index is 8.00. The molecule has 79 valence electrons. The third kappa shape index (κ3) is 360. The molecule has 0 atom stereocenters. The minimum Gasteiger partial charge on any atom is -0.307 e. The Hall–Kier alpha value is -1.46. The van der Waals surface area contributed by atoms with E-state index in [9.17, 15) is 0 Å². The van der Waals surface area contributed by atoms with E-state index in [4.69, 9.17) is 28.8 Å². The van der Waals surface area contributed by atoms with Crippen LogP contribution in [-0.4, -0.2) is 40.7 Å².